The summed E-state index contributed by atoms with van der Waals surface area (Å²) in [6.07, 6.45) is 9.73. The van der Waals surface area contributed by atoms with E-state index in [0.717, 1.165) is 11.2 Å². The van der Waals surface area contributed by atoms with Gasteiger partial charge in [0.05, 0.1) is 34.0 Å². The Balaban J connectivity index is 1.55. The van der Waals surface area contributed by atoms with Gasteiger partial charge in [-0.05, 0) is 19.1 Å². The molecule has 6 heterocycles. The lowest BCUT2D eigenvalue weighted by Gasteiger charge is -2.04. The molecule has 0 bridgehead atoms. The molecule has 0 atom stereocenters. The van der Waals surface area contributed by atoms with Crippen molar-refractivity contribution < 1.29 is 4.39 Å². The highest BCUT2D eigenvalue weighted by atomic mass is 19.1. The first-order chi connectivity index (χ1) is 15.6. The number of halogens is 1. The Morgan fingerprint density at radius 3 is 2.78 bits per heavy atom. The molecule has 0 unspecified atom stereocenters. The molecule has 156 valence electrons. The second-order valence-electron chi connectivity index (χ2n) is 7.33. The Bertz CT molecular complexity index is 1630. The Kier molecular flexibility index (Phi) is 3.78. The Morgan fingerprint density at radius 2 is 1.97 bits per heavy atom. The van der Waals surface area contributed by atoms with Crippen LogP contribution >= 0.6 is 0 Å². The standard InChI is InChI=1S/C21H15FN10/c1-10-8-32(9-27-10)21-18-13(2-3-25-21)28-20(29-18)19-15-14(30-31-19)7-26-17(16(15)22)11-4-12(23)6-24-5-11/h2-9H,23H2,1H3,(H,28,29)(H,30,31). The third-order valence-corrected chi connectivity index (χ3v) is 5.14. The van der Waals surface area contributed by atoms with Crippen molar-refractivity contribution in [2.24, 2.45) is 0 Å². The number of nitrogens with two attached hydrogens (primary N) is 1. The first kappa shape index (κ1) is 18.1. The average Bonchev–Trinajstić information content (AvgIpc) is 3.51. The van der Waals surface area contributed by atoms with Crippen molar-refractivity contribution in [3.63, 3.8) is 0 Å². The summed E-state index contributed by atoms with van der Waals surface area (Å²) in [5.74, 6) is 0.473. The predicted octanol–water partition coefficient (Wildman–Crippen LogP) is 3.17. The summed E-state index contributed by atoms with van der Waals surface area (Å²) in [5.41, 5.74) is 9.83. The number of pyridine rings is 3. The Hall–Kier alpha value is -4.67. The number of nitrogens with zero attached hydrogens (tertiary/aromatic N) is 7. The van der Waals surface area contributed by atoms with Crippen molar-refractivity contribution in [3.05, 3.63) is 61.0 Å². The smallest absolute Gasteiger partial charge is 0.166 e. The summed E-state index contributed by atoms with van der Waals surface area (Å²) >= 11 is 0. The van der Waals surface area contributed by atoms with Crippen LogP contribution in [0, 0.1) is 12.7 Å². The lowest BCUT2D eigenvalue weighted by molar-refractivity contribution is 0.638. The number of hydrogen-bond acceptors (Lipinski definition) is 7. The lowest BCUT2D eigenvalue weighted by Crippen LogP contribution is -1.95. The van der Waals surface area contributed by atoms with Crippen molar-refractivity contribution in [2.45, 2.75) is 6.92 Å². The summed E-state index contributed by atoms with van der Waals surface area (Å²) in [7, 11) is 0. The van der Waals surface area contributed by atoms with Gasteiger partial charge < -0.3 is 10.7 Å². The van der Waals surface area contributed by atoms with Gasteiger partial charge in [-0.1, -0.05) is 0 Å². The fourth-order valence-corrected chi connectivity index (χ4v) is 3.69. The van der Waals surface area contributed by atoms with E-state index in [-0.39, 0.29) is 11.1 Å². The maximum absolute atomic E-state index is 15.6. The van der Waals surface area contributed by atoms with Crippen LogP contribution in [0.5, 0.6) is 0 Å². The highest BCUT2D eigenvalue weighted by Gasteiger charge is 2.21. The highest BCUT2D eigenvalue weighted by Crippen LogP contribution is 2.33. The lowest BCUT2D eigenvalue weighted by atomic mass is 10.1. The number of anilines is 1. The van der Waals surface area contributed by atoms with Crippen LogP contribution in [0.15, 0.2) is 49.4 Å². The minimum absolute atomic E-state index is 0.132. The van der Waals surface area contributed by atoms with Crippen molar-refractivity contribution in [1.82, 2.24) is 44.7 Å². The SMILES string of the molecule is Cc1cn(-c2nccc3[nH]c(-c4n[nH]c5cnc(-c6cncc(N)c6)c(F)c45)nc23)cn1. The van der Waals surface area contributed by atoms with Gasteiger partial charge in [-0.15, -0.1) is 0 Å². The van der Waals surface area contributed by atoms with Crippen molar-refractivity contribution >= 4 is 27.6 Å². The van der Waals surface area contributed by atoms with Crippen molar-refractivity contribution in [1.29, 1.82) is 0 Å². The van der Waals surface area contributed by atoms with Crippen LogP contribution < -0.4 is 5.73 Å². The van der Waals surface area contributed by atoms with Crippen LogP contribution in [0.1, 0.15) is 5.69 Å². The average molecular weight is 426 g/mol. The molecule has 0 aromatic carbocycles. The quantitative estimate of drug-likeness (QED) is 0.395. The third-order valence-electron chi connectivity index (χ3n) is 5.14. The number of hydrogen-bond donors (Lipinski definition) is 3. The van der Waals surface area contributed by atoms with Crippen LogP contribution in [0.2, 0.25) is 0 Å². The van der Waals surface area contributed by atoms with Gasteiger partial charge in [-0.2, -0.15) is 5.10 Å². The number of nitrogen functional groups attached to an aromatic ring is 1. The molecule has 0 aliphatic rings. The molecule has 0 saturated carbocycles. The summed E-state index contributed by atoms with van der Waals surface area (Å²) in [6.45, 7) is 1.90. The van der Waals surface area contributed by atoms with Gasteiger partial charge in [0.2, 0.25) is 0 Å². The van der Waals surface area contributed by atoms with Gasteiger partial charge in [0.15, 0.2) is 17.5 Å². The highest BCUT2D eigenvalue weighted by molar-refractivity contribution is 5.96. The molecule has 0 spiro atoms. The maximum atomic E-state index is 15.6. The molecule has 6 aromatic rings. The summed E-state index contributed by atoms with van der Waals surface area (Å²) in [5, 5.41) is 7.40. The molecule has 10 nitrogen and oxygen atoms in total. The third kappa shape index (κ3) is 2.71. The first-order valence-electron chi connectivity index (χ1n) is 9.68. The van der Waals surface area contributed by atoms with Crippen molar-refractivity contribution in [3.8, 4) is 28.6 Å². The Morgan fingerprint density at radius 1 is 1.06 bits per heavy atom. The second-order valence-corrected chi connectivity index (χ2v) is 7.33. The molecular formula is C21H15FN10. The van der Waals surface area contributed by atoms with Gasteiger partial charge in [-0.25, -0.2) is 19.3 Å². The molecule has 0 amide bonds. The number of nitrogens with one attached hydrogen (secondary N) is 2. The zero-order valence-corrected chi connectivity index (χ0v) is 16.7. The van der Waals surface area contributed by atoms with Gasteiger partial charge in [0.25, 0.3) is 0 Å². The molecule has 6 aromatic heterocycles. The Labute approximate surface area is 179 Å². The van der Waals surface area contributed by atoms with E-state index < -0.39 is 5.82 Å². The molecule has 32 heavy (non-hydrogen) atoms. The van der Waals surface area contributed by atoms with Crippen LogP contribution in [-0.2, 0) is 0 Å². The molecule has 11 heteroatoms. The maximum Gasteiger partial charge on any atom is 0.166 e. The molecule has 0 saturated heterocycles. The minimum Gasteiger partial charge on any atom is -0.397 e. The van der Waals surface area contributed by atoms with Crippen LogP contribution in [-0.4, -0.2) is 44.7 Å². The van der Waals surface area contributed by atoms with Gasteiger partial charge in [0.1, 0.15) is 23.2 Å². The van der Waals surface area contributed by atoms with E-state index in [1.165, 1.54) is 18.6 Å². The summed E-state index contributed by atoms with van der Waals surface area (Å²) in [6, 6.07) is 3.42. The molecule has 6 rings (SSSR count). The minimum atomic E-state index is -0.539. The van der Waals surface area contributed by atoms with E-state index in [2.05, 4.69) is 40.1 Å². The van der Waals surface area contributed by atoms with Gasteiger partial charge in [0, 0.05) is 30.4 Å². The number of aryl methyl sites for hydroxylation is 1. The largest absolute Gasteiger partial charge is 0.397 e. The van der Waals surface area contributed by atoms with E-state index in [1.807, 2.05) is 13.1 Å². The molecule has 0 radical (unpaired) electrons. The van der Waals surface area contributed by atoms with Crippen LogP contribution in [0.25, 0.3) is 50.5 Å². The molecule has 0 aliphatic heterocycles. The summed E-state index contributed by atoms with van der Waals surface area (Å²) < 4.78 is 17.4. The zero-order chi connectivity index (χ0) is 21.8. The zero-order valence-electron chi connectivity index (χ0n) is 16.7. The van der Waals surface area contributed by atoms with Crippen LogP contribution in [0.3, 0.4) is 0 Å². The first-order valence-corrected chi connectivity index (χ1v) is 9.68. The number of aromatic amines is 2. The van der Waals surface area contributed by atoms with E-state index in [9.17, 15) is 0 Å². The number of imidazole rings is 2. The van der Waals surface area contributed by atoms with E-state index >= 15 is 4.39 Å². The topological polar surface area (TPSA) is 140 Å². The fourth-order valence-electron chi connectivity index (χ4n) is 3.69. The number of fused-ring (bicyclic) bond motifs is 2. The van der Waals surface area contributed by atoms with E-state index in [1.54, 1.807) is 29.2 Å². The molecular weight excluding hydrogens is 411 g/mol. The van der Waals surface area contributed by atoms with Crippen molar-refractivity contribution in [2.75, 3.05) is 5.73 Å². The molecule has 0 aliphatic carbocycles. The normalized spacial score (nSPS) is 11.6. The number of rotatable bonds is 3. The molecule has 4 N–H and O–H groups in total. The fraction of sp³-hybridized carbons (Fsp3) is 0.0476. The monoisotopic (exact) mass is 426 g/mol. The van der Waals surface area contributed by atoms with E-state index in [0.29, 0.717) is 39.6 Å². The second kappa shape index (κ2) is 6.67. The summed E-state index contributed by atoms with van der Waals surface area (Å²) in [4.78, 5) is 24.8. The molecule has 0 fully saturated rings. The van der Waals surface area contributed by atoms with Gasteiger partial charge in [-0.3, -0.25) is 19.6 Å². The number of H-pyrrole nitrogens is 2. The predicted molar refractivity (Wildman–Crippen MR) is 116 cm³/mol. The van der Waals surface area contributed by atoms with Crippen LogP contribution in [0.4, 0.5) is 10.1 Å². The van der Waals surface area contributed by atoms with E-state index in [4.69, 9.17) is 5.73 Å². The number of aromatic nitrogens is 9. The van der Waals surface area contributed by atoms with Gasteiger partial charge >= 0.3 is 0 Å².